The van der Waals surface area contributed by atoms with Gasteiger partial charge >= 0.3 is 0 Å². The predicted molar refractivity (Wildman–Crippen MR) is 104 cm³/mol. The number of anilines is 1. The highest BCUT2D eigenvalue weighted by Gasteiger charge is 2.13. The quantitative estimate of drug-likeness (QED) is 0.518. The van der Waals surface area contributed by atoms with Gasteiger partial charge in [0.1, 0.15) is 10.8 Å². The summed E-state index contributed by atoms with van der Waals surface area (Å²) in [6.07, 6.45) is 6.25. The van der Waals surface area contributed by atoms with Crippen LogP contribution in [0.2, 0.25) is 5.15 Å². The van der Waals surface area contributed by atoms with Gasteiger partial charge in [-0.2, -0.15) is 0 Å². The first-order valence-corrected chi connectivity index (χ1v) is 9.21. The van der Waals surface area contributed by atoms with Gasteiger partial charge in [0.2, 0.25) is 5.88 Å². The van der Waals surface area contributed by atoms with Crippen LogP contribution in [0.3, 0.4) is 0 Å². The molecule has 0 aromatic carbocycles. The van der Waals surface area contributed by atoms with Crippen LogP contribution in [-0.4, -0.2) is 27.0 Å². The van der Waals surface area contributed by atoms with Crippen LogP contribution in [-0.2, 0) is 13.0 Å². The van der Waals surface area contributed by atoms with E-state index in [1.807, 2.05) is 24.4 Å². The predicted octanol–water partition coefficient (Wildman–Crippen LogP) is 4.28. The number of aromatic nitrogens is 4. The van der Waals surface area contributed by atoms with Crippen LogP contribution in [0, 0.1) is 0 Å². The van der Waals surface area contributed by atoms with Gasteiger partial charge in [-0.3, -0.25) is 0 Å². The van der Waals surface area contributed by atoms with Crippen molar-refractivity contribution in [3.63, 3.8) is 0 Å². The zero-order chi connectivity index (χ0) is 17.9. The molecule has 4 aromatic heterocycles. The molecule has 0 bridgehead atoms. The minimum atomic E-state index is 0.531. The van der Waals surface area contributed by atoms with Crippen molar-refractivity contribution in [3.05, 3.63) is 64.0 Å². The fourth-order valence-corrected chi connectivity index (χ4v) is 3.85. The monoisotopic (exact) mass is 385 g/mol. The van der Waals surface area contributed by atoms with Crippen LogP contribution in [0.5, 0.6) is 5.88 Å². The zero-order valence-corrected chi connectivity index (χ0v) is 15.6. The van der Waals surface area contributed by atoms with Gasteiger partial charge in [-0.25, -0.2) is 15.0 Å². The van der Waals surface area contributed by atoms with Crippen molar-refractivity contribution in [1.82, 2.24) is 19.9 Å². The van der Waals surface area contributed by atoms with E-state index in [1.54, 1.807) is 30.8 Å². The highest BCUT2D eigenvalue weighted by molar-refractivity contribution is 7.16. The maximum Gasteiger partial charge on any atom is 0.212 e. The van der Waals surface area contributed by atoms with Crippen LogP contribution in [0.1, 0.15) is 16.0 Å². The maximum absolute atomic E-state index is 6.34. The Morgan fingerprint density at radius 1 is 1.27 bits per heavy atom. The Morgan fingerprint density at radius 3 is 3.00 bits per heavy atom. The molecule has 132 valence electrons. The third-order valence-corrected chi connectivity index (χ3v) is 5.43. The number of aromatic amines is 1. The Hall–Kier alpha value is -2.64. The van der Waals surface area contributed by atoms with E-state index in [4.69, 9.17) is 16.3 Å². The van der Waals surface area contributed by atoms with Gasteiger partial charge in [-0.15, -0.1) is 11.3 Å². The second-order valence-corrected chi connectivity index (χ2v) is 7.13. The van der Waals surface area contributed by atoms with E-state index in [2.05, 4.69) is 31.3 Å². The maximum atomic E-state index is 6.34. The number of hydrogen-bond acceptors (Lipinski definition) is 6. The first-order valence-electron chi connectivity index (χ1n) is 8.02. The SMILES string of the molecule is COc1ccc(CNc2nc(Cl)c(Cc3c[nH]c4ncccc34)s2)cn1. The Kier molecular flexibility index (Phi) is 4.73. The van der Waals surface area contributed by atoms with Crippen LogP contribution in [0.4, 0.5) is 5.13 Å². The van der Waals surface area contributed by atoms with E-state index in [0.29, 0.717) is 24.0 Å². The van der Waals surface area contributed by atoms with E-state index in [9.17, 15) is 0 Å². The van der Waals surface area contributed by atoms with Gasteiger partial charge < -0.3 is 15.0 Å². The summed E-state index contributed by atoms with van der Waals surface area (Å²) in [5, 5.41) is 5.73. The molecule has 6 nitrogen and oxygen atoms in total. The highest BCUT2D eigenvalue weighted by atomic mass is 35.5. The first kappa shape index (κ1) is 16.8. The normalized spacial score (nSPS) is 11.0. The molecule has 2 N–H and O–H groups in total. The number of pyridine rings is 2. The number of hydrogen-bond donors (Lipinski definition) is 2. The van der Waals surface area contributed by atoms with Gasteiger partial charge in [0.15, 0.2) is 5.13 Å². The molecule has 26 heavy (non-hydrogen) atoms. The lowest BCUT2D eigenvalue weighted by molar-refractivity contribution is 0.397. The molecule has 0 spiro atoms. The lowest BCUT2D eigenvalue weighted by atomic mass is 10.1. The molecule has 0 aliphatic heterocycles. The number of H-pyrrole nitrogens is 1. The topological polar surface area (TPSA) is 75.7 Å². The third kappa shape index (κ3) is 3.49. The zero-order valence-electron chi connectivity index (χ0n) is 14.0. The molecule has 0 saturated heterocycles. The number of halogens is 1. The molecule has 4 heterocycles. The fraction of sp³-hybridized carbons (Fsp3) is 0.167. The van der Waals surface area contributed by atoms with Gasteiger partial charge in [-0.05, 0) is 23.3 Å². The molecular formula is C18H16ClN5OS. The molecule has 0 saturated carbocycles. The standard InChI is InChI=1S/C18H16ClN5OS/c1-25-15-5-4-11(8-21-15)9-23-18-24-16(19)14(26-18)7-12-10-22-17-13(12)3-2-6-20-17/h2-6,8,10H,7,9H2,1H3,(H,20,22)(H,23,24). The summed E-state index contributed by atoms with van der Waals surface area (Å²) in [4.78, 5) is 17.1. The largest absolute Gasteiger partial charge is 0.481 e. The third-order valence-electron chi connectivity index (χ3n) is 3.99. The number of thiazole rings is 1. The molecule has 0 aliphatic carbocycles. The van der Waals surface area contributed by atoms with E-state index in [-0.39, 0.29) is 0 Å². The molecule has 0 fully saturated rings. The van der Waals surface area contributed by atoms with Crippen molar-refractivity contribution >= 4 is 39.1 Å². The lowest BCUT2D eigenvalue weighted by Gasteiger charge is -2.03. The van der Waals surface area contributed by atoms with Crippen LogP contribution < -0.4 is 10.1 Å². The molecule has 0 unspecified atom stereocenters. The van der Waals surface area contributed by atoms with E-state index < -0.39 is 0 Å². The average molecular weight is 386 g/mol. The van der Waals surface area contributed by atoms with Crippen molar-refractivity contribution in [2.45, 2.75) is 13.0 Å². The Morgan fingerprint density at radius 2 is 2.19 bits per heavy atom. The minimum Gasteiger partial charge on any atom is -0.481 e. The summed E-state index contributed by atoms with van der Waals surface area (Å²) in [5.41, 5.74) is 3.08. The molecule has 4 aromatic rings. The van der Waals surface area contributed by atoms with Crippen molar-refractivity contribution in [2.75, 3.05) is 12.4 Å². The van der Waals surface area contributed by atoms with Gasteiger partial charge in [-0.1, -0.05) is 17.7 Å². The summed E-state index contributed by atoms with van der Waals surface area (Å²) < 4.78 is 5.07. The number of rotatable bonds is 6. The van der Waals surface area contributed by atoms with Crippen molar-refractivity contribution in [1.29, 1.82) is 0 Å². The van der Waals surface area contributed by atoms with Gasteiger partial charge in [0.25, 0.3) is 0 Å². The molecule has 8 heteroatoms. The molecule has 0 aliphatic rings. The van der Waals surface area contributed by atoms with Crippen molar-refractivity contribution < 1.29 is 4.74 Å². The first-order chi connectivity index (χ1) is 12.7. The van der Waals surface area contributed by atoms with Crippen LogP contribution in [0.15, 0.2) is 42.9 Å². The number of methoxy groups -OCH3 is 1. The van der Waals surface area contributed by atoms with Crippen molar-refractivity contribution in [2.24, 2.45) is 0 Å². The second kappa shape index (κ2) is 7.31. The average Bonchev–Trinajstić information content (AvgIpc) is 3.24. The fourth-order valence-electron chi connectivity index (χ4n) is 2.66. The van der Waals surface area contributed by atoms with E-state index in [1.165, 1.54) is 0 Å². The van der Waals surface area contributed by atoms with Gasteiger partial charge in [0.05, 0.1) is 12.0 Å². The number of nitrogens with one attached hydrogen (secondary N) is 2. The summed E-state index contributed by atoms with van der Waals surface area (Å²) in [5.74, 6) is 0.599. The summed E-state index contributed by atoms with van der Waals surface area (Å²) in [6, 6.07) is 7.79. The molecule has 0 atom stereocenters. The minimum absolute atomic E-state index is 0.531. The number of nitrogens with zero attached hydrogens (tertiary/aromatic N) is 3. The van der Waals surface area contributed by atoms with Crippen LogP contribution >= 0.6 is 22.9 Å². The van der Waals surface area contributed by atoms with E-state index >= 15 is 0 Å². The Balaban J connectivity index is 1.46. The van der Waals surface area contributed by atoms with E-state index in [0.717, 1.165) is 32.2 Å². The number of fused-ring (bicyclic) bond motifs is 1. The highest BCUT2D eigenvalue weighted by Crippen LogP contribution is 2.31. The Labute approximate surface area is 159 Å². The second-order valence-electron chi connectivity index (χ2n) is 5.69. The molecule has 0 radical (unpaired) electrons. The molecule has 0 amide bonds. The molecular weight excluding hydrogens is 370 g/mol. The summed E-state index contributed by atoms with van der Waals surface area (Å²) >= 11 is 7.90. The Bertz CT molecular complexity index is 1030. The van der Waals surface area contributed by atoms with Gasteiger partial charge in [0, 0.05) is 43.0 Å². The lowest BCUT2D eigenvalue weighted by Crippen LogP contribution is -1.99. The number of ether oxygens (including phenoxy) is 1. The van der Waals surface area contributed by atoms with Crippen LogP contribution in [0.25, 0.3) is 11.0 Å². The smallest absolute Gasteiger partial charge is 0.212 e. The summed E-state index contributed by atoms with van der Waals surface area (Å²) in [6.45, 7) is 0.622. The molecule has 4 rings (SSSR count). The summed E-state index contributed by atoms with van der Waals surface area (Å²) in [7, 11) is 1.60. The van der Waals surface area contributed by atoms with Crippen molar-refractivity contribution in [3.8, 4) is 5.88 Å².